The molecule has 264 valence electrons. The average molecular weight is 699 g/mol. The Balaban J connectivity index is 1.63. The first-order valence-electron chi connectivity index (χ1n) is 17.6. The standard InChI is InChI=1S/C48H42O5/c1-46(32-7-5-4-6-8-32,33-9-19-41(49)20-10-33)38-29-39(47(2,34-11-21-42(50)22-12-34)35-13-23-43(51)24-14-35)31-40(30-38)48(3,36-15-25-44(52)26-16-36)37-17-27-45(53)28-18-37/h4-31,49-53H,1-3H3. The Hall–Kier alpha value is -6.46. The van der Waals surface area contributed by atoms with Crippen molar-refractivity contribution in [3.8, 4) is 28.7 Å². The third-order valence-electron chi connectivity index (χ3n) is 11.2. The number of hydrogen-bond donors (Lipinski definition) is 5. The maximum atomic E-state index is 10.4. The van der Waals surface area contributed by atoms with Gasteiger partial charge in [0.1, 0.15) is 28.7 Å². The van der Waals surface area contributed by atoms with Crippen LogP contribution in [0.4, 0.5) is 0 Å². The van der Waals surface area contributed by atoms with Crippen molar-refractivity contribution in [2.75, 3.05) is 0 Å². The Morgan fingerprint density at radius 2 is 0.434 bits per heavy atom. The fourth-order valence-corrected chi connectivity index (χ4v) is 7.74. The highest BCUT2D eigenvalue weighted by Gasteiger charge is 2.40. The summed E-state index contributed by atoms with van der Waals surface area (Å²) >= 11 is 0. The zero-order chi connectivity index (χ0) is 37.4. The first kappa shape index (κ1) is 35.0. The normalized spacial score (nSPS) is 13.0. The van der Waals surface area contributed by atoms with E-state index in [4.69, 9.17) is 0 Å². The predicted octanol–water partition coefficient (Wildman–Crippen LogP) is 10.3. The highest BCUT2D eigenvalue weighted by atomic mass is 16.3. The van der Waals surface area contributed by atoms with Crippen LogP contribution in [-0.2, 0) is 16.2 Å². The summed E-state index contributed by atoms with van der Waals surface area (Å²) in [6.45, 7) is 6.52. The first-order valence-corrected chi connectivity index (χ1v) is 17.6. The summed E-state index contributed by atoms with van der Waals surface area (Å²) in [5.74, 6) is 0.818. The van der Waals surface area contributed by atoms with Crippen molar-refractivity contribution in [3.63, 3.8) is 0 Å². The van der Waals surface area contributed by atoms with Gasteiger partial charge in [0.2, 0.25) is 0 Å². The molecule has 53 heavy (non-hydrogen) atoms. The molecule has 0 aliphatic rings. The second-order valence-electron chi connectivity index (χ2n) is 14.3. The molecule has 0 radical (unpaired) electrons. The maximum absolute atomic E-state index is 10.4. The number of phenolic OH excluding ortho intramolecular Hbond substituents is 5. The molecule has 0 heterocycles. The summed E-state index contributed by atoms with van der Waals surface area (Å²) in [5, 5.41) is 51.9. The van der Waals surface area contributed by atoms with Crippen LogP contribution in [0.2, 0.25) is 0 Å². The second kappa shape index (κ2) is 13.6. The van der Waals surface area contributed by atoms with Gasteiger partial charge in [0, 0.05) is 16.2 Å². The van der Waals surface area contributed by atoms with Gasteiger partial charge < -0.3 is 25.5 Å². The second-order valence-corrected chi connectivity index (χ2v) is 14.3. The summed E-state index contributed by atoms with van der Waals surface area (Å²) in [6.07, 6.45) is 0. The zero-order valence-corrected chi connectivity index (χ0v) is 29.9. The van der Waals surface area contributed by atoms with Gasteiger partial charge in [-0.3, -0.25) is 0 Å². The van der Waals surface area contributed by atoms with Gasteiger partial charge in [0.05, 0.1) is 0 Å². The third-order valence-corrected chi connectivity index (χ3v) is 11.2. The molecule has 0 fully saturated rings. The lowest BCUT2D eigenvalue weighted by Gasteiger charge is -2.39. The summed E-state index contributed by atoms with van der Waals surface area (Å²) in [7, 11) is 0. The van der Waals surface area contributed by atoms with E-state index in [1.165, 1.54) is 0 Å². The van der Waals surface area contributed by atoms with Crippen LogP contribution in [0.1, 0.15) is 70.8 Å². The molecule has 0 bridgehead atoms. The molecule has 7 aromatic rings. The fourth-order valence-electron chi connectivity index (χ4n) is 7.74. The SMILES string of the molecule is CC(c1ccccc1)(c1ccc(O)cc1)c1cc(C(C)(c2ccc(O)cc2)c2ccc(O)cc2)cc(C(C)(c2ccc(O)cc2)c2ccc(O)cc2)c1. The molecule has 5 nitrogen and oxygen atoms in total. The number of hydrogen-bond acceptors (Lipinski definition) is 5. The molecule has 0 aromatic heterocycles. The minimum atomic E-state index is -0.788. The van der Waals surface area contributed by atoms with Crippen LogP contribution in [0.25, 0.3) is 0 Å². The van der Waals surface area contributed by atoms with Gasteiger partial charge in [0.15, 0.2) is 0 Å². The van der Waals surface area contributed by atoms with Crippen molar-refractivity contribution in [1.82, 2.24) is 0 Å². The highest BCUT2D eigenvalue weighted by Crippen LogP contribution is 2.49. The summed E-state index contributed by atoms with van der Waals surface area (Å²) < 4.78 is 0. The average Bonchev–Trinajstić information content (AvgIpc) is 3.18. The van der Waals surface area contributed by atoms with Gasteiger partial charge in [-0.2, -0.15) is 0 Å². The summed E-state index contributed by atoms with van der Waals surface area (Å²) in [5.41, 5.74) is 6.42. The molecule has 0 saturated carbocycles. The van der Waals surface area contributed by atoms with E-state index in [1.54, 1.807) is 60.7 Å². The first-order chi connectivity index (χ1) is 25.4. The Morgan fingerprint density at radius 3 is 0.642 bits per heavy atom. The fraction of sp³-hybridized carbons (Fsp3) is 0.125. The van der Waals surface area contributed by atoms with Crippen molar-refractivity contribution in [1.29, 1.82) is 0 Å². The third kappa shape index (κ3) is 6.25. The molecule has 0 aliphatic heterocycles. The number of rotatable bonds is 9. The zero-order valence-electron chi connectivity index (χ0n) is 29.9. The minimum Gasteiger partial charge on any atom is -0.508 e. The molecule has 1 unspecified atom stereocenters. The van der Waals surface area contributed by atoms with Crippen molar-refractivity contribution in [2.24, 2.45) is 0 Å². The van der Waals surface area contributed by atoms with E-state index in [-0.39, 0.29) is 28.7 Å². The Kier molecular flexibility index (Phi) is 8.96. The van der Waals surface area contributed by atoms with E-state index >= 15 is 0 Å². The van der Waals surface area contributed by atoms with E-state index in [2.05, 4.69) is 51.1 Å². The van der Waals surface area contributed by atoms with Crippen molar-refractivity contribution in [2.45, 2.75) is 37.0 Å². The maximum Gasteiger partial charge on any atom is 0.115 e. The van der Waals surface area contributed by atoms with E-state index in [9.17, 15) is 25.5 Å². The lowest BCUT2D eigenvalue weighted by Crippen LogP contribution is -2.32. The number of benzene rings is 7. The van der Waals surface area contributed by atoms with Crippen molar-refractivity contribution >= 4 is 0 Å². The molecule has 7 rings (SSSR count). The van der Waals surface area contributed by atoms with E-state index in [0.717, 1.165) is 50.1 Å². The van der Waals surface area contributed by atoms with E-state index in [0.29, 0.717) is 0 Å². The molecule has 7 aromatic carbocycles. The van der Waals surface area contributed by atoms with Crippen LogP contribution in [-0.4, -0.2) is 25.5 Å². The van der Waals surface area contributed by atoms with Crippen LogP contribution in [0.3, 0.4) is 0 Å². The quantitative estimate of drug-likeness (QED) is 0.0967. The van der Waals surface area contributed by atoms with Gasteiger partial charge in [-0.1, -0.05) is 109 Å². The molecule has 0 spiro atoms. The van der Waals surface area contributed by atoms with Crippen molar-refractivity contribution in [3.05, 3.63) is 220 Å². The van der Waals surface area contributed by atoms with Crippen LogP contribution >= 0.6 is 0 Å². The topological polar surface area (TPSA) is 101 Å². The molecule has 5 heteroatoms. The largest absolute Gasteiger partial charge is 0.508 e. The number of phenols is 5. The number of aromatic hydroxyl groups is 5. The molecule has 0 saturated heterocycles. The van der Waals surface area contributed by atoms with Crippen LogP contribution in [0.15, 0.2) is 170 Å². The van der Waals surface area contributed by atoms with Crippen molar-refractivity contribution < 1.29 is 25.5 Å². The lowest BCUT2D eigenvalue weighted by molar-refractivity contribution is 0.473. The molecule has 0 aliphatic carbocycles. The summed E-state index contributed by atoms with van der Waals surface area (Å²) in [4.78, 5) is 0. The van der Waals surface area contributed by atoms with Gasteiger partial charge in [-0.25, -0.2) is 0 Å². The molecule has 1 atom stereocenters. The smallest absolute Gasteiger partial charge is 0.115 e. The van der Waals surface area contributed by atoms with Gasteiger partial charge in [0.25, 0.3) is 0 Å². The lowest BCUT2D eigenvalue weighted by atomic mass is 9.63. The summed E-state index contributed by atoms with van der Waals surface area (Å²) in [6, 6.07) is 53.4. The highest BCUT2D eigenvalue weighted by molar-refractivity contribution is 5.61. The predicted molar refractivity (Wildman–Crippen MR) is 210 cm³/mol. The minimum absolute atomic E-state index is 0.160. The van der Waals surface area contributed by atoms with E-state index < -0.39 is 16.2 Å². The van der Waals surface area contributed by atoms with Gasteiger partial charge in [-0.15, -0.1) is 0 Å². The monoisotopic (exact) mass is 698 g/mol. The van der Waals surface area contributed by atoms with E-state index in [1.807, 2.05) is 78.9 Å². The Bertz CT molecular complexity index is 2120. The van der Waals surface area contributed by atoms with Gasteiger partial charge in [-0.05, 0) is 132 Å². The molecule has 0 amide bonds. The molecular formula is C48H42O5. The van der Waals surface area contributed by atoms with Crippen LogP contribution in [0.5, 0.6) is 28.7 Å². The van der Waals surface area contributed by atoms with Gasteiger partial charge >= 0.3 is 0 Å². The van der Waals surface area contributed by atoms with Crippen LogP contribution < -0.4 is 0 Å². The Labute approximate surface area is 310 Å². The molecular weight excluding hydrogens is 657 g/mol. The Morgan fingerprint density at radius 1 is 0.245 bits per heavy atom. The molecule has 5 N–H and O–H groups in total. The van der Waals surface area contributed by atoms with Crippen LogP contribution in [0, 0.1) is 0 Å².